The smallest absolute Gasteiger partial charge is 0.133 e. The molecule has 0 aliphatic rings. The van der Waals surface area contributed by atoms with Crippen molar-refractivity contribution in [2.24, 2.45) is 0 Å². The molecule has 1 N–H and O–H groups in total. The first kappa shape index (κ1) is 10.2. The fourth-order valence-electron chi connectivity index (χ4n) is 1.93. The molecular weight excluding hydrogens is 186 g/mol. The van der Waals surface area contributed by atoms with Crippen LogP contribution in [-0.2, 0) is 5.41 Å². The molecule has 2 heteroatoms. The van der Waals surface area contributed by atoms with E-state index in [0.29, 0.717) is 0 Å². The number of hydrogen-bond acceptors (Lipinski definition) is 2. The van der Waals surface area contributed by atoms with E-state index < -0.39 is 0 Å². The Bertz CT molecular complexity index is 456. The van der Waals surface area contributed by atoms with E-state index in [1.54, 1.807) is 6.26 Å². The maximum atomic E-state index is 5.33. The Labute approximate surface area is 90.3 Å². The highest BCUT2D eigenvalue weighted by atomic mass is 16.3. The lowest BCUT2D eigenvalue weighted by molar-refractivity contribution is 0.494. The number of fused-ring (bicyclic) bond motifs is 1. The molecule has 1 aromatic heterocycles. The fraction of sp³-hybridized carbons (Fsp3) is 0.385. The monoisotopic (exact) mass is 203 g/mol. The van der Waals surface area contributed by atoms with Crippen molar-refractivity contribution in [1.29, 1.82) is 0 Å². The number of nitrogens with one attached hydrogen (secondary N) is 1. The molecule has 0 amide bonds. The number of benzene rings is 1. The number of rotatable bonds is 3. The van der Waals surface area contributed by atoms with Crippen LogP contribution < -0.4 is 5.32 Å². The van der Waals surface area contributed by atoms with Crippen LogP contribution in [0.3, 0.4) is 0 Å². The van der Waals surface area contributed by atoms with Gasteiger partial charge in [0.1, 0.15) is 5.58 Å². The van der Waals surface area contributed by atoms with Crippen molar-refractivity contribution in [3.8, 4) is 0 Å². The van der Waals surface area contributed by atoms with Gasteiger partial charge in [-0.15, -0.1) is 0 Å². The second-order valence-electron chi connectivity index (χ2n) is 4.59. The Kier molecular flexibility index (Phi) is 2.53. The first-order valence-corrected chi connectivity index (χ1v) is 5.26. The van der Waals surface area contributed by atoms with Crippen molar-refractivity contribution in [1.82, 2.24) is 5.32 Å². The highest BCUT2D eigenvalue weighted by Gasteiger charge is 2.19. The molecule has 1 aromatic carbocycles. The van der Waals surface area contributed by atoms with Crippen molar-refractivity contribution in [2.45, 2.75) is 19.3 Å². The first-order chi connectivity index (χ1) is 7.13. The molecule has 2 rings (SSSR count). The standard InChI is InChI=1S/C13H17NO/c1-13(2,9-14-3)11-4-5-12-10(8-11)6-7-15-12/h4-8,14H,9H2,1-3H3. The Balaban J connectivity index is 2.42. The second-order valence-corrected chi connectivity index (χ2v) is 4.59. The van der Waals surface area contributed by atoms with Gasteiger partial charge in [-0.3, -0.25) is 0 Å². The lowest BCUT2D eigenvalue weighted by Gasteiger charge is -2.24. The molecule has 1 heterocycles. The molecule has 0 fully saturated rings. The number of hydrogen-bond donors (Lipinski definition) is 1. The average Bonchev–Trinajstić information content (AvgIpc) is 2.63. The molecule has 0 atom stereocenters. The van der Waals surface area contributed by atoms with Crippen molar-refractivity contribution in [3.05, 3.63) is 36.1 Å². The quantitative estimate of drug-likeness (QED) is 0.829. The van der Waals surface area contributed by atoms with Crippen molar-refractivity contribution in [2.75, 3.05) is 13.6 Å². The predicted molar refractivity (Wildman–Crippen MR) is 63.2 cm³/mol. The van der Waals surface area contributed by atoms with Gasteiger partial charge in [-0.1, -0.05) is 19.9 Å². The molecule has 0 radical (unpaired) electrons. The van der Waals surface area contributed by atoms with Gasteiger partial charge < -0.3 is 9.73 Å². The van der Waals surface area contributed by atoms with Crippen LogP contribution in [0.25, 0.3) is 11.0 Å². The highest BCUT2D eigenvalue weighted by Crippen LogP contribution is 2.26. The summed E-state index contributed by atoms with van der Waals surface area (Å²) in [5, 5.41) is 4.40. The van der Waals surface area contributed by atoms with Gasteiger partial charge in [0.25, 0.3) is 0 Å². The van der Waals surface area contributed by atoms with E-state index >= 15 is 0 Å². The first-order valence-electron chi connectivity index (χ1n) is 5.26. The van der Waals surface area contributed by atoms with Crippen LogP contribution in [0.1, 0.15) is 19.4 Å². The van der Waals surface area contributed by atoms with Gasteiger partial charge in [-0.05, 0) is 30.8 Å². The van der Waals surface area contributed by atoms with Gasteiger partial charge in [-0.2, -0.15) is 0 Å². The molecule has 0 unspecified atom stereocenters. The molecule has 80 valence electrons. The minimum atomic E-state index is 0.153. The summed E-state index contributed by atoms with van der Waals surface area (Å²) in [5.74, 6) is 0. The van der Waals surface area contributed by atoms with Crippen LogP contribution in [0.2, 0.25) is 0 Å². The minimum absolute atomic E-state index is 0.153. The predicted octanol–water partition coefficient (Wildman–Crippen LogP) is 2.93. The van der Waals surface area contributed by atoms with Gasteiger partial charge in [0.05, 0.1) is 6.26 Å². The summed E-state index contributed by atoms with van der Waals surface area (Å²) in [7, 11) is 1.98. The fourth-order valence-corrected chi connectivity index (χ4v) is 1.93. The summed E-state index contributed by atoms with van der Waals surface area (Å²) in [5.41, 5.74) is 2.45. The van der Waals surface area contributed by atoms with E-state index in [9.17, 15) is 0 Å². The van der Waals surface area contributed by atoms with Crippen LogP contribution in [0, 0.1) is 0 Å². The van der Waals surface area contributed by atoms with Crippen LogP contribution in [0.4, 0.5) is 0 Å². The SMILES string of the molecule is CNCC(C)(C)c1ccc2occc2c1. The Hall–Kier alpha value is -1.28. The number of furan rings is 1. The molecule has 2 aromatic rings. The molecule has 0 saturated carbocycles. The zero-order chi connectivity index (χ0) is 10.9. The zero-order valence-electron chi connectivity index (χ0n) is 9.50. The third-order valence-electron chi connectivity index (χ3n) is 2.85. The molecule has 0 saturated heterocycles. The van der Waals surface area contributed by atoms with Crippen LogP contribution in [-0.4, -0.2) is 13.6 Å². The summed E-state index contributed by atoms with van der Waals surface area (Å²) in [6.45, 7) is 5.45. The Morgan fingerprint density at radius 3 is 2.80 bits per heavy atom. The lowest BCUT2D eigenvalue weighted by atomic mass is 9.84. The molecule has 2 nitrogen and oxygen atoms in total. The van der Waals surface area contributed by atoms with Crippen molar-refractivity contribution < 1.29 is 4.42 Å². The molecule has 0 bridgehead atoms. The molecular formula is C13H17NO. The van der Waals surface area contributed by atoms with Crippen LogP contribution in [0.15, 0.2) is 34.9 Å². The summed E-state index contributed by atoms with van der Waals surface area (Å²) in [6.07, 6.45) is 1.74. The number of likely N-dealkylation sites (N-methyl/N-ethyl adjacent to an activating group) is 1. The highest BCUT2D eigenvalue weighted by molar-refractivity contribution is 5.78. The molecule has 0 aliphatic carbocycles. The second kappa shape index (κ2) is 3.70. The molecule has 0 spiro atoms. The van der Waals surface area contributed by atoms with E-state index in [0.717, 1.165) is 12.1 Å². The largest absolute Gasteiger partial charge is 0.464 e. The molecule has 15 heavy (non-hydrogen) atoms. The van der Waals surface area contributed by atoms with Gasteiger partial charge in [0.2, 0.25) is 0 Å². The summed E-state index contributed by atoms with van der Waals surface area (Å²) in [4.78, 5) is 0. The van der Waals surface area contributed by atoms with Crippen molar-refractivity contribution >= 4 is 11.0 Å². The van der Waals surface area contributed by atoms with Gasteiger partial charge in [0.15, 0.2) is 0 Å². The zero-order valence-corrected chi connectivity index (χ0v) is 9.50. The summed E-state index contributed by atoms with van der Waals surface area (Å²) < 4.78 is 5.33. The Morgan fingerprint density at radius 1 is 1.27 bits per heavy atom. The third kappa shape index (κ3) is 1.90. The summed E-state index contributed by atoms with van der Waals surface area (Å²) in [6, 6.07) is 8.40. The van der Waals surface area contributed by atoms with E-state index in [4.69, 9.17) is 4.42 Å². The Morgan fingerprint density at radius 2 is 2.07 bits per heavy atom. The van der Waals surface area contributed by atoms with Gasteiger partial charge in [0, 0.05) is 17.3 Å². The maximum absolute atomic E-state index is 5.33. The summed E-state index contributed by atoms with van der Waals surface area (Å²) >= 11 is 0. The topological polar surface area (TPSA) is 25.2 Å². The minimum Gasteiger partial charge on any atom is -0.464 e. The average molecular weight is 203 g/mol. The molecule has 0 aliphatic heterocycles. The third-order valence-corrected chi connectivity index (χ3v) is 2.85. The van der Waals surface area contributed by atoms with Gasteiger partial charge in [-0.25, -0.2) is 0 Å². The maximum Gasteiger partial charge on any atom is 0.133 e. The van der Waals surface area contributed by atoms with E-state index in [-0.39, 0.29) is 5.41 Å². The van der Waals surface area contributed by atoms with E-state index in [1.165, 1.54) is 10.9 Å². The van der Waals surface area contributed by atoms with E-state index in [2.05, 4.69) is 31.3 Å². The van der Waals surface area contributed by atoms with Crippen molar-refractivity contribution in [3.63, 3.8) is 0 Å². The van der Waals surface area contributed by atoms with Crippen LogP contribution >= 0.6 is 0 Å². The van der Waals surface area contributed by atoms with Gasteiger partial charge >= 0.3 is 0 Å². The normalized spacial score (nSPS) is 12.2. The van der Waals surface area contributed by atoms with E-state index in [1.807, 2.05) is 19.2 Å². The van der Waals surface area contributed by atoms with Crippen LogP contribution in [0.5, 0.6) is 0 Å². The lowest BCUT2D eigenvalue weighted by Crippen LogP contribution is -2.30.